The second-order valence-electron chi connectivity index (χ2n) is 5.87. The van der Waals surface area contributed by atoms with Gasteiger partial charge in [-0.25, -0.2) is 13.6 Å². The molecule has 1 aromatic carbocycles. The van der Waals surface area contributed by atoms with Gasteiger partial charge in [0.1, 0.15) is 11.9 Å². The Bertz CT molecular complexity index is 1050. The number of halogens is 2. The van der Waals surface area contributed by atoms with Gasteiger partial charge in [-0.3, -0.25) is 9.59 Å². The van der Waals surface area contributed by atoms with Crippen LogP contribution in [0.4, 0.5) is 13.6 Å². The van der Waals surface area contributed by atoms with E-state index in [1.165, 1.54) is 4.57 Å². The first kappa shape index (κ1) is 18.3. The van der Waals surface area contributed by atoms with Crippen molar-refractivity contribution in [1.82, 2.24) is 4.57 Å². The lowest BCUT2D eigenvalue weighted by Crippen LogP contribution is -2.18. The maximum Gasteiger partial charge on any atom is 0.511 e. The van der Waals surface area contributed by atoms with Gasteiger partial charge >= 0.3 is 12.1 Å². The number of carbonyl (C=O) groups excluding carboxylic acids is 1. The fourth-order valence-corrected chi connectivity index (χ4v) is 2.73. The molecule has 1 fully saturated rings. The standard InChI is InChI=1S/C17H12F2N2O6/c18-11-5-10-15(14(19)9(11)6-13(22)26-4-3-20)21(8-1-2-8)7-12(16(10)23)27-17(24)25/h5,7-8H,1-2,4,6H2,(H,24,25). The van der Waals surface area contributed by atoms with Crippen molar-refractivity contribution in [3.63, 3.8) is 0 Å². The number of pyridine rings is 1. The minimum absolute atomic E-state index is 0.206. The highest BCUT2D eigenvalue weighted by molar-refractivity contribution is 5.84. The third-order valence-corrected chi connectivity index (χ3v) is 4.03. The molecule has 0 saturated heterocycles. The van der Waals surface area contributed by atoms with Crippen LogP contribution in [-0.4, -0.2) is 28.4 Å². The Labute approximate surface area is 150 Å². The summed E-state index contributed by atoms with van der Waals surface area (Å²) in [4.78, 5) is 34.8. The number of carbonyl (C=O) groups is 2. The molecule has 0 aliphatic heterocycles. The lowest BCUT2D eigenvalue weighted by atomic mass is 10.1. The van der Waals surface area contributed by atoms with E-state index in [4.69, 9.17) is 10.4 Å². The normalized spacial score (nSPS) is 13.2. The zero-order valence-electron chi connectivity index (χ0n) is 13.7. The van der Waals surface area contributed by atoms with Crippen molar-refractivity contribution in [2.75, 3.05) is 6.61 Å². The largest absolute Gasteiger partial charge is 0.511 e. The van der Waals surface area contributed by atoms with Crippen molar-refractivity contribution < 1.29 is 33.0 Å². The molecular weight excluding hydrogens is 366 g/mol. The van der Waals surface area contributed by atoms with Gasteiger partial charge in [-0.2, -0.15) is 5.26 Å². The number of esters is 1. The van der Waals surface area contributed by atoms with E-state index in [0.29, 0.717) is 12.8 Å². The molecule has 1 saturated carbocycles. The molecule has 1 aromatic heterocycles. The van der Waals surface area contributed by atoms with Crippen molar-refractivity contribution in [1.29, 1.82) is 5.26 Å². The summed E-state index contributed by atoms with van der Waals surface area (Å²) in [6.45, 7) is -0.557. The Hall–Kier alpha value is -3.48. The summed E-state index contributed by atoms with van der Waals surface area (Å²) in [5, 5.41) is 16.7. The number of hydrogen-bond acceptors (Lipinski definition) is 6. The molecule has 1 aliphatic rings. The Balaban J connectivity index is 2.18. The van der Waals surface area contributed by atoms with Crippen molar-refractivity contribution >= 4 is 23.0 Å². The average molecular weight is 378 g/mol. The van der Waals surface area contributed by atoms with E-state index in [9.17, 15) is 18.8 Å². The van der Waals surface area contributed by atoms with Crippen LogP contribution in [0.25, 0.3) is 10.9 Å². The number of aromatic nitrogens is 1. The number of hydrogen-bond donors (Lipinski definition) is 1. The lowest BCUT2D eigenvalue weighted by molar-refractivity contribution is -0.141. The van der Waals surface area contributed by atoms with Crippen LogP contribution < -0.4 is 10.2 Å². The summed E-state index contributed by atoms with van der Waals surface area (Å²) >= 11 is 0. The molecule has 140 valence electrons. The number of carboxylic acid groups (broad SMARTS) is 1. The van der Waals surface area contributed by atoms with Crippen LogP contribution in [0.3, 0.4) is 0 Å². The Kier molecular flexibility index (Phi) is 4.77. The van der Waals surface area contributed by atoms with E-state index in [2.05, 4.69) is 9.47 Å². The zero-order valence-corrected chi connectivity index (χ0v) is 13.7. The molecule has 3 rings (SSSR count). The molecule has 0 amide bonds. The van der Waals surface area contributed by atoms with Crippen LogP contribution in [0.5, 0.6) is 5.75 Å². The average Bonchev–Trinajstić information content (AvgIpc) is 3.44. The zero-order chi connectivity index (χ0) is 19.7. The molecule has 1 N–H and O–H groups in total. The van der Waals surface area contributed by atoms with E-state index >= 15 is 4.39 Å². The van der Waals surface area contributed by atoms with Crippen molar-refractivity contribution in [3.8, 4) is 11.8 Å². The summed E-state index contributed by atoms with van der Waals surface area (Å²) in [6.07, 6.45) is -0.120. The number of benzene rings is 1. The van der Waals surface area contributed by atoms with Gasteiger partial charge in [0.05, 0.1) is 23.5 Å². The third-order valence-electron chi connectivity index (χ3n) is 4.03. The van der Waals surface area contributed by atoms with E-state index in [1.807, 2.05) is 0 Å². The van der Waals surface area contributed by atoms with E-state index in [-0.39, 0.29) is 11.6 Å². The number of nitriles is 1. The molecule has 0 unspecified atom stereocenters. The summed E-state index contributed by atoms with van der Waals surface area (Å²) < 4.78 is 39.6. The second kappa shape index (κ2) is 7.03. The first-order valence-corrected chi connectivity index (χ1v) is 7.82. The van der Waals surface area contributed by atoms with Gasteiger partial charge in [0.2, 0.25) is 5.43 Å². The van der Waals surface area contributed by atoms with Gasteiger partial charge in [0.15, 0.2) is 18.2 Å². The van der Waals surface area contributed by atoms with Crippen molar-refractivity contribution in [3.05, 3.63) is 39.7 Å². The molecule has 0 spiro atoms. The van der Waals surface area contributed by atoms with E-state index in [0.717, 1.165) is 12.3 Å². The Morgan fingerprint density at radius 2 is 2.07 bits per heavy atom. The number of fused-ring (bicyclic) bond motifs is 1. The number of ether oxygens (including phenoxy) is 2. The first-order valence-electron chi connectivity index (χ1n) is 7.82. The molecule has 27 heavy (non-hydrogen) atoms. The van der Waals surface area contributed by atoms with Crippen LogP contribution in [0.15, 0.2) is 17.1 Å². The van der Waals surface area contributed by atoms with Gasteiger partial charge in [0.25, 0.3) is 0 Å². The summed E-state index contributed by atoms with van der Waals surface area (Å²) in [6, 6.07) is 2.10. The monoisotopic (exact) mass is 378 g/mol. The Morgan fingerprint density at radius 3 is 2.67 bits per heavy atom. The third kappa shape index (κ3) is 3.57. The fourth-order valence-electron chi connectivity index (χ4n) is 2.73. The van der Waals surface area contributed by atoms with Crippen LogP contribution in [-0.2, 0) is 16.0 Å². The molecule has 8 nitrogen and oxygen atoms in total. The molecule has 2 aromatic rings. The van der Waals surface area contributed by atoms with Crippen LogP contribution in [0.2, 0.25) is 0 Å². The van der Waals surface area contributed by atoms with Gasteiger partial charge in [-0.1, -0.05) is 0 Å². The molecule has 10 heteroatoms. The van der Waals surface area contributed by atoms with Crippen LogP contribution in [0.1, 0.15) is 24.4 Å². The van der Waals surface area contributed by atoms with Crippen molar-refractivity contribution in [2.24, 2.45) is 0 Å². The van der Waals surface area contributed by atoms with Gasteiger partial charge in [-0.05, 0) is 18.9 Å². The predicted octanol–water partition coefficient (Wildman–Crippen LogP) is 2.28. The maximum atomic E-state index is 15.0. The molecule has 1 aliphatic carbocycles. The maximum absolute atomic E-state index is 15.0. The van der Waals surface area contributed by atoms with Gasteiger partial charge in [0, 0.05) is 11.6 Å². The second-order valence-corrected chi connectivity index (χ2v) is 5.87. The van der Waals surface area contributed by atoms with Crippen LogP contribution in [0, 0.1) is 23.0 Å². The van der Waals surface area contributed by atoms with E-state index in [1.54, 1.807) is 6.07 Å². The molecule has 0 radical (unpaired) electrons. The highest BCUT2D eigenvalue weighted by atomic mass is 19.1. The molecular formula is C17H12F2N2O6. The predicted molar refractivity (Wildman–Crippen MR) is 85.3 cm³/mol. The minimum atomic E-state index is -1.73. The summed E-state index contributed by atoms with van der Waals surface area (Å²) in [5.74, 6) is -3.85. The topological polar surface area (TPSA) is 119 Å². The number of rotatable bonds is 5. The molecule has 0 bridgehead atoms. The smallest absolute Gasteiger partial charge is 0.450 e. The highest BCUT2D eigenvalue weighted by Gasteiger charge is 2.30. The quantitative estimate of drug-likeness (QED) is 0.793. The first-order chi connectivity index (χ1) is 12.8. The van der Waals surface area contributed by atoms with Gasteiger partial charge in [-0.15, -0.1) is 0 Å². The summed E-state index contributed by atoms with van der Waals surface area (Å²) in [7, 11) is 0. The Morgan fingerprint density at radius 1 is 1.37 bits per heavy atom. The summed E-state index contributed by atoms with van der Waals surface area (Å²) in [5.41, 5.74) is -1.84. The fraction of sp³-hybridized carbons (Fsp3) is 0.294. The molecule has 0 atom stereocenters. The van der Waals surface area contributed by atoms with Gasteiger partial charge < -0.3 is 19.1 Å². The SMILES string of the molecule is N#CCOC(=O)Cc1c(F)cc2c(=O)c(OC(=O)O)cn(C3CC3)c2c1F. The van der Waals surface area contributed by atoms with E-state index < -0.39 is 58.9 Å². The lowest BCUT2D eigenvalue weighted by Gasteiger charge is -2.15. The van der Waals surface area contributed by atoms with Crippen molar-refractivity contribution in [2.45, 2.75) is 25.3 Å². The minimum Gasteiger partial charge on any atom is -0.450 e. The van der Waals surface area contributed by atoms with Crippen LogP contribution >= 0.6 is 0 Å². The highest BCUT2D eigenvalue weighted by Crippen LogP contribution is 2.39. The number of nitrogens with zero attached hydrogens (tertiary/aromatic N) is 2. The molecule has 1 heterocycles.